The summed E-state index contributed by atoms with van der Waals surface area (Å²) in [5.41, 5.74) is 5.02. The molecule has 1 aromatic carbocycles. The number of hydrogen-bond acceptors (Lipinski definition) is 4. The lowest BCUT2D eigenvalue weighted by Gasteiger charge is -2.19. The zero-order chi connectivity index (χ0) is 19.1. The van der Waals surface area contributed by atoms with Crippen LogP contribution in [0.25, 0.3) is 0 Å². The number of nitrogens with two attached hydrogens (primary N) is 1. The van der Waals surface area contributed by atoms with Crippen molar-refractivity contribution in [1.29, 1.82) is 0 Å². The first-order valence-corrected chi connectivity index (χ1v) is 7.35. The molecule has 1 rings (SSSR count). The zero-order valence-electron chi connectivity index (χ0n) is 14.1. The number of nitrogens with one attached hydrogen (secondary N) is 2. The Morgan fingerprint density at radius 3 is 2.48 bits per heavy atom. The largest absolute Gasteiger partial charge is 0.573 e. The van der Waals surface area contributed by atoms with E-state index < -0.39 is 23.8 Å². The molecule has 25 heavy (non-hydrogen) atoms. The molecule has 4 N–H and O–H groups in total. The van der Waals surface area contributed by atoms with Crippen LogP contribution in [-0.2, 0) is 4.74 Å². The Kier molecular flexibility index (Phi) is 6.89. The summed E-state index contributed by atoms with van der Waals surface area (Å²) in [7, 11) is 0. The number of carbonyl (C=O) groups excluding carboxylic acids is 1. The minimum atomic E-state index is -4.82. The van der Waals surface area contributed by atoms with E-state index in [0.717, 1.165) is 6.07 Å². The molecule has 0 spiro atoms. The molecule has 140 valence electrons. The first-order chi connectivity index (χ1) is 11.5. The monoisotopic (exact) mass is 362 g/mol. The Morgan fingerprint density at radius 2 is 1.88 bits per heavy atom. The van der Waals surface area contributed by atoms with Gasteiger partial charge < -0.3 is 25.8 Å². The van der Waals surface area contributed by atoms with Crippen molar-refractivity contribution in [3.05, 3.63) is 24.3 Å². The molecule has 0 aliphatic rings. The summed E-state index contributed by atoms with van der Waals surface area (Å²) in [4.78, 5) is 15.3. The van der Waals surface area contributed by atoms with Gasteiger partial charge in [-0.25, -0.2) is 4.79 Å². The van der Waals surface area contributed by atoms with Gasteiger partial charge in [-0.3, -0.25) is 4.99 Å². The van der Waals surface area contributed by atoms with Gasteiger partial charge in [-0.15, -0.1) is 13.2 Å². The molecule has 0 heterocycles. The van der Waals surface area contributed by atoms with Gasteiger partial charge in [-0.05, 0) is 32.9 Å². The van der Waals surface area contributed by atoms with Gasteiger partial charge in [0.15, 0.2) is 11.7 Å². The number of rotatable bonds is 5. The molecule has 0 unspecified atom stereocenters. The van der Waals surface area contributed by atoms with Crippen molar-refractivity contribution in [2.24, 2.45) is 10.7 Å². The van der Waals surface area contributed by atoms with Crippen molar-refractivity contribution in [2.45, 2.75) is 32.7 Å². The molecule has 0 atom stereocenters. The van der Waals surface area contributed by atoms with Crippen molar-refractivity contribution in [3.8, 4) is 5.75 Å². The third kappa shape index (κ3) is 9.28. The number of guanidine groups is 1. The van der Waals surface area contributed by atoms with Crippen molar-refractivity contribution in [1.82, 2.24) is 5.32 Å². The lowest BCUT2D eigenvalue weighted by molar-refractivity contribution is -0.274. The second kappa shape index (κ2) is 8.45. The highest BCUT2D eigenvalue weighted by Crippen LogP contribution is 2.29. The third-order valence-electron chi connectivity index (χ3n) is 2.44. The number of alkyl halides is 3. The molecule has 10 heteroatoms. The fraction of sp³-hybridized carbons (Fsp3) is 0.467. The maximum absolute atomic E-state index is 12.3. The van der Waals surface area contributed by atoms with E-state index in [9.17, 15) is 18.0 Å². The lowest BCUT2D eigenvalue weighted by Crippen LogP contribution is -2.34. The number of benzene rings is 1. The van der Waals surface area contributed by atoms with Crippen LogP contribution in [0.5, 0.6) is 5.75 Å². The van der Waals surface area contributed by atoms with Crippen molar-refractivity contribution in [3.63, 3.8) is 0 Å². The van der Waals surface area contributed by atoms with Crippen LogP contribution in [0.15, 0.2) is 29.3 Å². The van der Waals surface area contributed by atoms with Crippen LogP contribution >= 0.6 is 0 Å². The number of alkyl carbamates (subject to hydrolysis) is 1. The molecular weight excluding hydrogens is 341 g/mol. The normalized spacial score (nSPS) is 12.5. The van der Waals surface area contributed by atoms with Crippen LogP contribution in [0.1, 0.15) is 20.8 Å². The van der Waals surface area contributed by atoms with Crippen molar-refractivity contribution in [2.75, 3.05) is 18.4 Å². The molecule has 1 aromatic rings. The average molecular weight is 362 g/mol. The number of halogens is 3. The van der Waals surface area contributed by atoms with Crippen LogP contribution in [0.2, 0.25) is 0 Å². The number of para-hydroxylation sites is 2. The first kappa shape index (κ1) is 20.4. The summed E-state index contributed by atoms with van der Waals surface area (Å²) >= 11 is 0. The van der Waals surface area contributed by atoms with Crippen LogP contribution in [-0.4, -0.2) is 37.1 Å². The van der Waals surface area contributed by atoms with Crippen molar-refractivity contribution >= 4 is 17.7 Å². The van der Waals surface area contributed by atoms with Gasteiger partial charge in [-0.1, -0.05) is 12.1 Å². The fourth-order valence-electron chi connectivity index (χ4n) is 1.61. The second-order valence-corrected chi connectivity index (χ2v) is 5.86. The predicted octanol–water partition coefficient (Wildman–Crippen LogP) is 2.84. The smallest absolute Gasteiger partial charge is 0.444 e. The number of ether oxygens (including phenoxy) is 2. The van der Waals surface area contributed by atoms with Gasteiger partial charge in [0, 0.05) is 6.54 Å². The number of hydrogen-bond donors (Lipinski definition) is 3. The molecule has 0 radical (unpaired) electrons. The molecule has 0 saturated carbocycles. The van der Waals surface area contributed by atoms with E-state index in [1.54, 1.807) is 20.8 Å². The summed E-state index contributed by atoms with van der Waals surface area (Å²) in [6, 6.07) is 5.42. The number of amides is 1. The van der Waals surface area contributed by atoms with Gasteiger partial charge in [0.2, 0.25) is 0 Å². The summed E-state index contributed by atoms with van der Waals surface area (Å²) in [6.07, 6.45) is -5.42. The Balaban J connectivity index is 2.52. The summed E-state index contributed by atoms with van der Waals surface area (Å²) in [6.45, 7) is 5.45. The maximum atomic E-state index is 12.3. The molecular formula is C15H21F3N4O3. The zero-order valence-corrected chi connectivity index (χ0v) is 14.1. The topological polar surface area (TPSA) is 98.0 Å². The number of anilines is 1. The Labute approximate surface area is 143 Å². The number of carbonyl (C=O) groups is 1. The predicted molar refractivity (Wildman–Crippen MR) is 87.5 cm³/mol. The Bertz CT molecular complexity index is 613. The highest BCUT2D eigenvalue weighted by Gasteiger charge is 2.32. The van der Waals surface area contributed by atoms with E-state index in [4.69, 9.17) is 10.5 Å². The molecule has 0 fully saturated rings. The average Bonchev–Trinajstić information content (AvgIpc) is 2.42. The number of aliphatic imine (C=N–C) groups is 1. The SMILES string of the molecule is CC(C)(C)OC(=O)NCCN=C(N)Nc1ccccc1OC(F)(F)F. The quantitative estimate of drug-likeness (QED) is 0.425. The highest BCUT2D eigenvalue weighted by molar-refractivity contribution is 5.93. The standard InChI is InChI=1S/C15H21F3N4O3/c1-14(2,3)25-13(23)21-9-8-20-12(19)22-10-6-4-5-7-11(10)24-15(16,17)18/h4-7H,8-9H2,1-3H3,(H,21,23)(H3,19,20,22). The van der Waals surface area contributed by atoms with Gasteiger partial charge in [-0.2, -0.15) is 0 Å². The van der Waals surface area contributed by atoms with E-state index in [-0.39, 0.29) is 24.7 Å². The van der Waals surface area contributed by atoms with Crippen LogP contribution in [0.4, 0.5) is 23.7 Å². The fourth-order valence-corrected chi connectivity index (χ4v) is 1.61. The molecule has 0 saturated heterocycles. The minimum Gasteiger partial charge on any atom is -0.444 e. The molecule has 7 nitrogen and oxygen atoms in total. The lowest BCUT2D eigenvalue weighted by atomic mass is 10.2. The molecule has 0 aromatic heterocycles. The molecule has 0 aliphatic carbocycles. The van der Waals surface area contributed by atoms with Gasteiger partial charge in [0.1, 0.15) is 5.60 Å². The molecule has 0 bridgehead atoms. The Hall–Kier alpha value is -2.65. The van der Waals surface area contributed by atoms with Crippen LogP contribution in [0.3, 0.4) is 0 Å². The highest BCUT2D eigenvalue weighted by atomic mass is 19.4. The van der Waals surface area contributed by atoms with Crippen molar-refractivity contribution < 1.29 is 27.4 Å². The summed E-state index contributed by atoms with van der Waals surface area (Å²) < 4.78 is 45.9. The van der Waals surface area contributed by atoms with Gasteiger partial charge in [0.05, 0.1) is 12.2 Å². The van der Waals surface area contributed by atoms with E-state index in [2.05, 4.69) is 20.4 Å². The van der Waals surface area contributed by atoms with Crippen LogP contribution in [0, 0.1) is 0 Å². The molecule has 1 amide bonds. The summed E-state index contributed by atoms with van der Waals surface area (Å²) in [5, 5.41) is 4.99. The van der Waals surface area contributed by atoms with Gasteiger partial charge >= 0.3 is 12.5 Å². The van der Waals surface area contributed by atoms with E-state index >= 15 is 0 Å². The Morgan fingerprint density at radius 1 is 1.24 bits per heavy atom. The molecule has 0 aliphatic heterocycles. The second-order valence-electron chi connectivity index (χ2n) is 5.86. The van der Waals surface area contributed by atoms with Crippen LogP contribution < -0.4 is 21.1 Å². The minimum absolute atomic E-state index is 0.0150. The van der Waals surface area contributed by atoms with E-state index in [1.165, 1.54) is 18.2 Å². The maximum Gasteiger partial charge on any atom is 0.573 e. The first-order valence-electron chi connectivity index (χ1n) is 7.35. The van der Waals surface area contributed by atoms with E-state index in [0.29, 0.717) is 0 Å². The van der Waals surface area contributed by atoms with E-state index in [1.807, 2.05) is 0 Å². The number of nitrogens with zero attached hydrogens (tertiary/aromatic N) is 1. The van der Waals surface area contributed by atoms with Gasteiger partial charge in [0.25, 0.3) is 0 Å². The third-order valence-corrected chi connectivity index (χ3v) is 2.44. The summed E-state index contributed by atoms with van der Waals surface area (Å²) in [5.74, 6) is -0.552.